The van der Waals surface area contributed by atoms with Gasteiger partial charge in [0.15, 0.2) is 11.5 Å². The van der Waals surface area contributed by atoms with E-state index in [2.05, 4.69) is 20.5 Å². The molecule has 260 valence electrons. The number of aromatic nitrogens is 1. The molecule has 49 heavy (non-hydrogen) atoms. The smallest absolute Gasteiger partial charge is 0.247 e. The zero-order valence-corrected chi connectivity index (χ0v) is 29.3. The van der Waals surface area contributed by atoms with Crippen molar-refractivity contribution in [2.24, 2.45) is 5.92 Å². The van der Waals surface area contributed by atoms with E-state index >= 15 is 0 Å². The van der Waals surface area contributed by atoms with Gasteiger partial charge in [0.05, 0.1) is 50.9 Å². The molecule has 3 aromatic carbocycles. The molecule has 3 atom stereocenters. The standard InChI is InChI=1S/C38H46N4O7/c1-8-22(2)35(38(45)41-28-10-9-11-31-26(28)16-17-42(31)18-19-46-4)40-30-15-13-25-27(21-32(30)44)29(39-23(3)43)14-12-24-20-33(47-5)36(48-6)37(49-7)34(24)25/h9-11,13,15-17,20-22,29,35H,8,12,14,18-19H2,1-7H3,(H,39,43)(H,40,44)(H,41,45). The van der Waals surface area contributed by atoms with Gasteiger partial charge in [-0.05, 0) is 71.8 Å². The molecule has 2 amide bonds. The third-order valence-electron chi connectivity index (χ3n) is 9.33. The third kappa shape index (κ3) is 7.22. The van der Waals surface area contributed by atoms with Crippen molar-refractivity contribution in [1.29, 1.82) is 0 Å². The van der Waals surface area contributed by atoms with E-state index in [0.29, 0.717) is 66.5 Å². The Hall–Kier alpha value is -5.03. The summed E-state index contributed by atoms with van der Waals surface area (Å²) in [6.45, 7) is 6.71. The number of carbonyl (C=O) groups excluding carboxylic acids is 2. The maximum Gasteiger partial charge on any atom is 0.247 e. The van der Waals surface area contributed by atoms with Crippen LogP contribution in [0.15, 0.2) is 59.5 Å². The number of benzene rings is 2. The molecule has 0 saturated heterocycles. The van der Waals surface area contributed by atoms with Crippen molar-refractivity contribution in [3.8, 4) is 28.4 Å². The minimum atomic E-state index is -0.719. The number of rotatable bonds is 13. The molecular formula is C38H46N4O7. The van der Waals surface area contributed by atoms with Crippen molar-refractivity contribution in [2.75, 3.05) is 45.7 Å². The van der Waals surface area contributed by atoms with Gasteiger partial charge in [-0.25, -0.2) is 0 Å². The zero-order chi connectivity index (χ0) is 35.2. The summed E-state index contributed by atoms with van der Waals surface area (Å²) in [6, 6.07) is 13.6. The minimum absolute atomic E-state index is 0.113. The maximum absolute atomic E-state index is 14.0. The van der Waals surface area contributed by atoms with Crippen LogP contribution in [0.1, 0.15) is 50.8 Å². The number of nitrogens with one attached hydrogen (secondary N) is 3. The van der Waals surface area contributed by atoms with Gasteiger partial charge in [0.25, 0.3) is 0 Å². The fraction of sp³-hybridized carbons (Fsp3) is 0.395. The lowest BCUT2D eigenvalue weighted by Crippen LogP contribution is -2.40. The molecule has 5 rings (SSSR count). The Balaban J connectivity index is 1.57. The number of ether oxygens (including phenoxy) is 4. The van der Waals surface area contributed by atoms with E-state index in [0.717, 1.165) is 22.0 Å². The molecule has 0 fully saturated rings. The molecule has 11 heteroatoms. The Labute approximate surface area is 286 Å². The lowest BCUT2D eigenvalue weighted by atomic mass is 9.95. The molecule has 0 bridgehead atoms. The highest BCUT2D eigenvalue weighted by molar-refractivity contribution is 6.04. The van der Waals surface area contributed by atoms with E-state index in [-0.39, 0.29) is 28.8 Å². The maximum atomic E-state index is 14.0. The van der Waals surface area contributed by atoms with Gasteiger partial charge in [-0.1, -0.05) is 32.4 Å². The van der Waals surface area contributed by atoms with Gasteiger partial charge in [0.1, 0.15) is 6.04 Å². The molecule has 1 aliphatic rings. The summed E-state index contributed by atoms with van der Waals surface area (Å²) in [4.78, 5) is 40.4. The van der Waals surface area contributed by atoms with Crippen LogP contribution in [-0.4, -0.2) is 57.5 Å². The number of aryl methyl sites for hydroxylation is 1. The summed E-state index contributed by atoms with van der Waals surface area (Å²) in [5, 5.41) is 10.4. The Bertz CT molecular complexity index is 1900. The van der Waals surface area contributed by atoms with Crippen molar-refractivity contribution in [3.63, 3.8) is 0 Å². The van der Waals surface area contributed by atoms with E-state index < -0.39 is 12.1 Å². The molecule has 4 aromatic rings. The molecule has 1 aliphatic carbocycles. The second-order valence-corrected chi connectivity index (χ2v) is 12.3. The SMILES string of the molecule is CCC(C)C(Nc1ccc2c(cc1=O)C(NC(C)=O)CCc1cc(OC)c(OC)c(OC)c1-2)C(=O)Nc1cccc2c1ccn2CCOC. The lowest BCUT2D eigenvalue weighted by molar-refractivity contribution is -0.120. The van der Waals surface area contributed by atoms with Gasteiger partial charge >= 0.3 is 0 Å². The predicted octanol–water partition coefficient (Wildman–Crippen LogP) is 5.93. The second kappa shape index (κ2) is 15.5. The quantitative estimate of drug-likeness (QED) is 0.160. The van der Waals surface area contributed by atoms with Crippen molar-refractivity contribution in [2.45, 2.75) is 58.7 Å². The van der Waals surface area contributed by atoms with Gasteiger partial charge in [0, 0.05) is 37.7 Å². The first-order valence-electron chi connectivity index (χ1n) is 16.6. The van der Waals surface area contributed by atoms with Crippen LogP contribution in [0.2, 0.25) is 0 Å². The number of fused-ring (bicyclic) bond motifs is 4. The number of hydrogen-bond acceptors (Lipinski definition) is 8. The van der Waals surface area contributed by atoms with Gasteiger partial charge in [-0.3, -0.25) is 14.4 Å². The molecule has 3 unspecified atom stereocenters. The van der Waals surface area contributed by atoms with Crippen LogP contribution < -0.4 is 35.6 Å². The fourth-order valence-corrected chi connectivity index (χ4v) is 6.62. The Morgan fingerprint density at radius 2 is 1.76 bits per heavy atom. The average Bonchev–Trinajstić information content (AvgIpc) is 3.38. The van der Waals surface area contributed by atoms with Gasteiger partial charge in [0.2, 0.25) is 23.0 Å². The van der Waals surface area contributed by atoms with Gasteiger partial charge in [-0.15, -0.1) is 0 Å². The Kier molecular flexibility index (Phi) is 11.1. The van der Waals surface area contributed by atoms with E-state index in [1.54, 1.807) is 40.6 Å². The highest BCUT2D eigenvalue weighted by Crippen LogP contribution is 2.50. The van der Waals surface area contributed by atoms with Crippen LogP contribution in [-0.2, 0) is 27.3 Å². The summed E-state index contributed by atoms with van der Waals surface area (Å²) in [6.07, 6.45) is 3.81. The lowest BCUT2D eigenvalue weighted by Gasteiger charge is -2.24. The normalized spacial score (nSPS) is 14.9. The summed E-state index contributed by atoms with van der Waals surface area (Å²) < 4.78 is 24.6. The second-order valence-electron chi connectivity index (χ2n) is 12.3. The molecular weight excluding hydrogens is 624 g/mol. The Morgan fingerprint density at radius 3 is 2.43 bits per heavy atom. The molecule has 0 radical (unpaired) electrons. The first kappa shape index (κ1) is 35.3. The molecule has 0 aliphatic heterocycles. The first-order chi connectivity index (χ1) is 23.6. The van der Waals surface area contributed by atoms with Crippen LogP contribution in [0.4, 0.5) is 11.4 Å². The first-order valence-corrected chi connectivity index (χ1v) is 16.6. The van der Waals surface area contributed by atoms with Crippen molar-refractivity contribution < 1.29 is 28.5 Å². The van der Waals surface area contributed by atoms with Crippen LogP contribution in [0.25, 0.3) is 22.0 Å². The average molecular weight is 671 g/mol. The van der Waals surface area contributed by atoms with Crippen molar-refractivity contribution in [3.05, 3.63) is 76.1 Å². The van der Waals surface area contributed by atoms with Crippen LogP contribution in [0.3, 0.4) is 0 Å². The largest absolute Gasteiger partial charge is 0.493 e. The van der Waals surface area contributed by atoms with Gasteiger partial charge in [-0.2, -0.15) is 0 Å². The zero-order valence-electron chi connectivity index (χ0n) is 29.3. The van der Waals surface area contributed by atoms with Crippen LogP contribution in [0.5, 0.6) is 17.2 Å². The topological polar surface area (TPSA) is 129 Å². The highest BCUT2D eigenvalue weighted by atomic mass is 16.5. The fourth-order valence-electron chi connectivity index (χ4n) is 6.62. The molecule has 1 heterocycles. The van der Waals surface area contributed by atoms with E-state index in [4.69, 9.17) is 18.9 Å². The van der Waals surface area contributed by atoms with E-state index in [9.17, 15) is 14.4 Å². The number of hydrogen-bond donors (Lipinski definition) is 3. The van der Waals surface area contributed by atoms with Gasteiger partial charge < -0.3 is 39.5 Å². The summed E-state index contributed by atoms with van der Waals surface area (Å²) >= 11 is 0. The number of amides is 2. The number of nitrogens with zero attached hydrogens (tertiary/aromatic N) is 1. The number of methoxy groups -OCH3 is 4. The van der Waals surface area contributed by atoms with Crippen LogP contribution in [0, 0.1) is 5.92 Å². The van der Waals surface area contributed by atoms with Crippen LogP contribution >= 0.6 is 0 Å². The summed E-state index contributed by atoms with van der Waals surface area (Å²) in [5.74, 6) is 0.847. The molecule has 0 saturated carbocycles. The monoisotopic (exact) mass is 670 g/mol. The predicted molar refractivity (Wildman–Crippen MR) is 192 cm³/mol. The van der Waals surface area contributed by atoms with Crippen molar-refractivity contribution >= 4 is 34.1 Å². The molecule has 1 aromatic heterocycles. The summed E-state index contributed by atoms with van der Waals surface area (Å²) in [7, 11) is 6.35. The van der Waals surface area contributed by atoms with Crippen molar-refractivity contribution in [1.82, 2.24) is 9.88 Å². The molecule has 3 N–H and O–H groups in total. The molecule has 0 spiro atoms. The van der Waals surface area contributed by atoms with E-state index in [1.165, 1.54) is 6.92 Å². The summed E-state index contributed by atoms with van der Waals surface area (Å²) in [5.41, 5.74) is 4.67. The number of carbonyl (C=O) groups is 2. The van der Waals surface area contributed by atoms with E-state index in [1.807, 2.05) is 56.4 Å². The number of anilines is 2. The highest BCUT2D eigenvalue weighted by Gasteiger charge is 2.30. The Morgan fingerprint density at radius 1 is 0.980 bits per heavy atom. The molecule has 11 nitrogen and oxygen atoms in total. The minimum Gasteiger partial charge on any atom is -0.493 e. The third-order valence-corrected chi connectivity index (χ3v) is 9.33.